The smallest absolute Gasteiger partial charge is 0.266 e. The molecule has 4 aromatic rings. The summed E-state index contributed by atoms with van der Waals surface area (Å²) in [6.07, 6.45) is 5.84. The van der Waals surface area contributed by atoms with Gasteiger partial charge in [-0.2, -0.15) is 0 Å². The zero-order valence-electron chi connectivity index (χ0n) is 16.5. The molecule has 0 aliphatic rings. The van der Waals surface area contributed by atoms with Crippen molar-refractivity contribution in [3.8, 4) is 11.4 Å². The fourth-order valence-electron chi connectivity index (χ4n) is 3.19. The predicted octanol–water partition coefficient (Wildman–Crippen LogP) is 5.94. The van der Waals surface area contributed by atoms with Gasteiger partial charge in [0.05, 0.1) is 28.7 Å². The molecule has 0 aliphatic carbocycles. The van der Waals surface area contributed by atoms with E-state index in [1.54, 1.807) is 47.7 Å². The number of nitrogens with zero attached hydrogens (tertiary/aromatic N) is 2. The molecular formula is C24H19ClN2O2S. The Morgan fingerprint density at radius 2 is 1.80 bits per heavy atom. The van der Waals surface area contributed by atoms with Crippen LogP contribution in [0.25, 0.3) is 28.7 Å². The van der Waals surface area contributed by atoms with E-state index in [0.29, 0.717) is 33.2 Å². The fourth-order valence-corrected chi connectivity index (χ4v) is 3.85. The summed E-state index contributed by atoms with van der Waals surface area (Å²) in [5.41, 5.74) is 2.14. The monoisotopic (exact) mass is 434 g/mol. The third kappa shape index (κ3) is 3.99. The van der Waals surface area contributed by atoms with Gasteiger partial charge < -0.3 is 4.74 Å². The van der Waals surface area contributed by atoms with Gasteiger partial charge in [-0.1, -0.05) is 41.9 Å². The second-order valence-electron chi connectivity index (χ2n) is 6.55. The van der Waals surface area contributed by atoms with Gasteiger partial charge in [0, 0.05) is 4.90 Å². The molecule has 4 rings (SSSR count). The SMILES string of the molecule is COc1ccc(-n2c(C=Cc3ccc(SC)cc3)nc3ccccc3c2=O)cc1Cl. The van der Waals surface area contributed by atoms with Gasteiger partial charge in [-0.3, -0.25) is 9.36 Å². The first-order valence-electron chi connectivity index (χ1n) is 9.28. The normalized spacial score (nSPS) is 11.3. The maximum absolute atomic E-state index is 13.3. The van der Waals surface area contributed by atoms with E-state index >= 15 is 0 Å². The Morgan fingerprint density at radius 3 is 2.50 bits per heavy atom. The Morgan fingerprint density at radius 1 is 1.03 bits per heavy atom. The van der Waals surface area contributed by atoms with E-state index in [1.165, 1.54) is 4.90 Å². The molecule has 1 aromatic heterocycles. The van der Waals surface area contributed by atoms with Crippen LogP contribution in [0.3, 0.4) is 0 Å². The largest absolute Gasteiger partial charge is 0.495 e. The maximum atomic E-state index is 13.3. The van der Waals surface area contributed by atoms with Gasteiger partial charge in [0.1, 0.15) is 11.6 Å². The fraction of sp³-hybridized carbons (Fsp3) is 0.0833. The molecule has 0 saturated carbocycles. The molecule has 0 fully saturated rings. The van der Waals surface area contributed by atoms with Gasteiger partial charge in [-0.25, -0.2) is 4.98 Å². The van der Waals surface area contributed by atoms with E-state index in [9.17, 15) is 4.79 Å². The first-order valence-corrected chi connectivity index (χ1v) is 10.9. The number of ether oxygens (including phenoxy) is 1. The Kier molecular flexibility index (Phi) is 5.93. The Hall–Kier alpha value is -3.02. The molecule has 4 nitrogen and oxygen atoms in total. The number of hydrogen-bond donors (Lipinski definition) is 0. The molecule has 1 heterocycles. The highest BCUT2D eigenvalue weighted by Gasteiger charge is 2.12. The molecule has 0 spiro atoms. The lowest BCUT2D eigenvalue weighted by atomic mass is 10.2. The van der Waals surface area contributed by atoms with Crippen LogP contribution in [0.4, 0.5) is 0 Å². The minimum atomic E-state index is -0.154. The van der Waals surface area contributed by atoms with Gasteiger partial charge in [0.25, 0.3) is 5.56 Å². The lowest BCUT2D eigenvalue weighted by Gasteiger charge is -2.13. The number of rotatable bonds is 5. The number of para-hydroxylation sites is 1. The molecule has 0 aliphatic heterocycles. The zero-order chi connectivity index (χ0) is 21.1. The lowest BCUT2D eigenvalue weighted by molar-refractivity contribution is 0.415. The van der Waals surface area contributed by atoms with Crippen LogP contribution in [0.15, 0.2) is 76.4 Å². The highest BCUT2D eigenvalue weighted by molar-refractivity contribution is 7.98. The van der Waals surface area contributed by atoms with Crippen molar-refractivity contribution in [2.45, 2.75) is 4.90 Å². The summed E-state index contributed by atoms with van der Waals surface area (Å²) in [6.45, 7) is 0. The number of benzene rings is 3. The number of hydrogen-bond acceptors (Lipinski definition) is 4. The molecule has 6 heteroatoms. The summed E-state index contributed by atoms with van der Waals surface area (Å²) >= 11 is 8.02. The van der Waals surface area contributed by atoms with Gasteiger partial charge >= 0.3 is 0 Å². The van der Waals surface area contributed by atoms with Gasteiger partial charge in [0.2, 0.25) is 0 Å². The third-order valence-corrected chi connectivity index (χ3v) is 5.77. The summed E-state index contributed by atoms with van der Waals surface area (Å²) in [7, 11) is 1.56. The lowest BCUT2D eigenvalue weighted by Crippen LogP contribution is -2.22. The van der Waals surface area contributed by atoms with E-state index in [4.69, 9.17) is 21.3 Å². The van der Waals surface area contributed by atoms with Crippen molar-refractivity contribution >= 4 is 46.4 Å². The van der Waals surface area contributed by atoms with Crippen LogP contribution in [0.5, 0.6) is 5.75 Å². The van der Waals surface area contributed by atoms with E-state index in [2.05, 4.69) is 12.1 Å². The van der Waals surface area contributed by atoms with E-state index in [0.717, 1.165) is 5.56 Å². The van der Waals surface area contributed by atoms with Crippen molar-refractivity contribution < 1.29 is 4.74 Å². The zero-order valence-corrected chi connectivity index (χ0v) is 18.1. The summed E-state index contributed by atoms with van der Waals surface area (Å²) < 4.78 is 6.81. The number of aromatic nitrogens is 2. The molecule has 30 heavy (non-hydrogen) atoms. The Balaban J connectivity index is 1.89. The first kappa shape index (κ1) is 20.3. The topological polar surface area (TPSA) is 44.1 Å². The number of halogens is 1. The van der Waals surface area contributed by atoms with E-state index in [-0.39, 0.29) is 5.56 Å². The van der Waals surface area contributed by atoms with Crippen molar-refractivity contribution in [3.63, 3.8) is 0 Å². The second-order valence-corrected chi connectivity index (χ2v) is 7.84. The molecule has 0 N–H and O–H groups in total. The average molecular weight is 435 g/mol. The van der Waals surface area contributed by atoms with Gasteiger partial charge in [-0.15, -0.1) is 11.8 Å². The predicted molar refractivity (Wildman–Crippen MR) is 126 cm³/mol. The highest BCUT2D eigenvalue weighted by Crippen LogP contribution is 2.27. The summed E-state index contributed by atoms with van der Waals surface area (Å²) in [5, 5.41) is 0.976. The molecule has 0 saturated heterocycles. The van der Waals surface area contributed by atoms with Crippen LogP contribution in [-0.2, 0) is 0 Å². The highest BCUT2D eigenvalue weighted by atomic mass is 35.5. The van der Waals surface area contributed by atoms with Crippen molar-refractivity contribution in [1.82, 2.24) is 9.55 Å². The molecule has 0 bridgehead atoms. The summed E-state index contributed by atoms with van der Waals surface area (Å²) in [4.78, 5) is 19.2. The van der Waals surface area contributed by atoms with Crippen LogP contribution >= 0.6 is 23.4 Å². The third-order valence-electron chi connectivity index (χ3n) is 4.74. The van der Waals surface area contributed by atoms with Gasteiger partial charge in [0.15, 0.2) is 0 Å². The minimum absolute atomic E-state index is 0.154. The van der Waals surface area contributed by atoms with Crippen LogP contribution in [0.1, 0.15) is 11.4 Å². The van der Waals surface area contributed by atoms with Crippen LogP contribution in [0.2, 0.25) is 5.02 Å². The molecule has 0 radical (unpaired) electrons. The van der Waals surface area contributed by atoms with Crippen molar-refractivity contribution in [3.05, 3.63) is 93.5 Å². The Bertz CT molecular complexity index is 1300. The van der Waals surface area contributed by atoms with Crippen LogP contribution in [0, 0.1) is 0 Å². The van der Waals surface area contributed by atoms with Crippen molar-refractivity contribution in [1.29, 1.82) is 0 Å². The second kappa shape index (κ2) is 8.78. The maximum Gasteiger partial charge on any atom is 0.266 e. The molecule has 0 amide bonds. The molecule has 0 atom stereocenters. The van der Waals surface area contributed by atoms with E-state index in [1.807, 2.05) is 48.7 Å². The number of thioether (sulfide) groups is 1. The minimum Gasteiger partial charge on any atom is -0.495 e. The van der Waals surface area contributed by atoms with Crippen molar-refractivity contribution in [2.24, 2.45) is 0 Å². The quantitative estimate of drug-likeness (QED) is 0.364. The molecule has 3 aromatic carbocycles. The molecule has 0 unspecified atom stereocenters. The Labute approximate surface area is 183 Å². The summed E-state index contributed by atoms with van der Waals surface area (Å²) in [6, 6.07) is 20.8. The summed E-state index contributed by atoms with van der Waals surface area (Å²) in [5.74, 6) is 1.07. The number of fused-ring (bicyclic) bond motifs is 1. The first-order chi connectivity index (χ1) is 14.6. The average Bonchev–Trinajstić information content (AvgIpc) is 2.78. The van der Waals surface area contributed by atoms with Crippen molar-refractivity contribution in [2.75, 3.05) is 13.4 Å². The molecule has 150 valence electrons. The molecular weight excluding hydrogens is 416 g/mol. The van der Waals surface area contributed by atoms with Crippen LogP contribution < -0.4 is 10.3 Å². The van der Waals surface area contributed by atoms with E-state index < -0.39 is 0 Å². The van der Waals surface area contributed by atoms with Crippen LogP contribution in [-0.4, -0.2) is 22.9 Å². The number of methoxy groups -OCH3 is 1. The standard InChI is InChI=1S/C24H19ClN2O2S/c1-29-22-13-10-17(15-20(22)25)27-23(14-9-16-7-11-18(30-2)12-8-16)26-21-6-4-3-5-19(21)24(27)28/h3-15H,1-2H3. The van der Waals surface area contributed by atoms with Gasteiger partial charge in [-0.05, 0) is 60.4 Å².